The molecule has 0 heterocycles. The van der Waals surface area contributed by atoms with Crippen molar-refractivity contribution in [1.29, 1.82) is 0 Å². The van der Waals surface area contributed by atoms with E-state index in [9.17, 15) is 24.9 Å². The maximum absolute atomic E-state index is 11.3. The summed E-state index contributed by atoms with van der Waals surface area (Å²) < 4.78 is 0. The number of aliphatic hydroxyl groups is 5. The second-order valence-electron chi connectivity index (χ2n) is 4.66. The third kappa shape index (κ3) is 7.51. The van der Waals surface area contributed by atoms with Gasteiger partial charge in [-0.2, -0.15) is 0 Å². The van der Waals surface area contributed by atoms with E-state index in [1.165, 1.54) is 6.92 Å². The second-order valence-corrected chi connectivity index (χ2v) is 4.66. The molecule has 0 aliphatic heterocycles. The third-order valence-corrected chi connectivity index (χ3v) is 2.77. The number of carbonyl (C=O) groups excluding carboxylic acids is 2. The molecule has 0 rings (SSSR count). The summed E-state index contributed by atoms with van der Waals surface area (Å²) in [6.45, 7) is 0.351. The highest BCUT2D eigenvalue weighted by Gasteiger charge is 2.29. The van der Waals surface area contributed by atoms with Crippen molar-refractivity contribution in [2.75, 3.05) is 13.2 Å². The minimum atomic E-state index is -1.72. The van der Waals surface area contributed by atoms with E-state index >= 15 is 0 Å². The van der Waals surface area contributed by atoms with E-state index in [0.717, 1.165) is 0 Å². The van der Waals surface area contributed by atoms with Crippen molar-refractivity contribution in [2.45, 2.75) is 50.6 Å². The molecule has 4 unspecified atom stereocenters. The SMILES string of the molecule is CC(=O)CCCC(=O)NCC(O)C(O)C(O)C(O)CO. The highest BCUT2D eigenvalue weighted by molar-refractivity contribution is 5.78. The number of ketones is 1. The van der Waals surface area contributed by atoms with Gasteiger partial charge in [-0.25, -0.2) is 0 Å². The van der Waals surface area contributed by atoms with E-state index < -0.39 is 36.9 Å². The molecule has 0 aromatic rings. The fourth-order valence-electron chi connectivity index (χ4n) is 1.49. The first kappa shape index (κ1) is 18.9. The van der Waals surface area contributed by atoms with E-state index in [-0.39, 0.29) is 18.7 Å². The lowest BCUT2D eigenvalue weighted by atomic mass is 10.0. The van der Waals surface area contributed by atoms with Crippen molar-refractivity contribution in [3.8, 4) is 0 Å². The van der Waals surface area contributed by atoms with Gasteiger partial charge < -0.3 is 35.6 Å². The van der Waals surface area contributed by atoms with E-state index in [4.69, 9.17) is 10.2 Å². The summed E-state index contributed by atoms with van der Waals surface area (Å²) in [5.74, 6) is -0.413. The molecule has 8 heteroatoms. The van der Waals surface area contributed by atoms with Gasteiger partial charge in [-0.05, 0) is 13.3 Å². The van der Waals surface area contributed by atoms with Gasteiger partial charge in [0.1, 0.15) is 24.1 Å². The van der Waals surface area contributed by atoms with Crippen LogP contribution in [-0.4, -0.2) is 74.8 Å². The van der Waals surface area contributed by atoms with Crippen LogP contribution in [0.3, 0.4) is 0 Å². The van der Waals surface area contributed by atoms with E-state index in [1.807, 2.05) is 0 Å². The smallest absolute Gasteiger partial charge is 0.220 e. The number of nitrogens with one attached hydrogen (secondary N) is 1. The summed E-state index contributed by atoms with van der Waals surface area (Å²) in [4.78, 5) is 22.0. The summed E-state index contributed by atoms with van der Waals surface area (Å²) in [5.41, 5.74) is 0. The minimum absolute atomic E-state index is 0.0191. The number of Topliss-reactive ketones (excluding diaryl/α,β-unsaturated/α-hetero) is 1. The molecule has 0 aromatic carbocycles. The predicted molar refractivity (Wildman–Crippen MR) is 68.7 cm³/mol. The van der Waals surface area contributed by atoms with Crippen LogP contribution >= 0.6 is 0 Å². The molecule has 8 nitrogen and oxygen atoms in total. The molecule has 118 valence electrons. The van der Waals surface area contributed by atoms with Crippen molar-refractivity contribution < 1.29 is 35.1 Å². The molecular formula is C12H23NO7. The topological polar surface area (TPSA) is 147 Å². The zero-order chi connectivity index (χ0) is 15.7. The van der Waals surface area contributed by atoms with Crippen molar-refractivity contribution in [3.05, 3.63) is 0 Å². The quantitative estimate of drug-likeness (QED) is 0.257. The van der Waals surface area contributed by atoms with E-state index in [0.29, 0.717) is 12.8 Å². The Morgan fingerprint density at radius 3 is 2.05 bits per heavy atom. The van der Waals surface area contributed by atoms with Gasteiger partial charge in [0, 0.05) is 19.4 Å². The second kappa shape index (κ2) is 9.78. The fraction of sp³-hybridized carbons (Fsp3) is 0.833. The number of hydrogen-bond donors (Lipinski definition) is 6. The number of hydrogen-bond acceptors (Lipinski definition) is 7. The lowest BCUT2D eigenvalue weighted by Crippen LogP contribution is -2.49. The van der Waals surface area contributed by atoms with Crippen molar-refractivity contribution in [1.82, 2.24) is 5.32 Å². The maximum atomic E-state index is 11.3. The van der Waals surface area contributed by atoms with Gasteiger partial charge in [-0.15, -0.1) is 0 Å². The van der Waals surface area contributed by atoms with Gasteiger partial charge in [0.2, 0.25) is 5.91 Å². The largest absolute Gasteiger partial charge is 0.394 e. The van der Waals surface area contributed by atoms with Gasteiger partial charge >= 0.3 is 0 Å². The first-order chi connectivity index (χ1) is 9.29. The van der Waals surface area contributed by atoms with Crippen molar-refractivity contribution >= 4 is 11.7 Å². The lowest BCUT2D eigenvalue weighted by molar-refractivity contribution is -0.126. The molecule has 4 atom stereocenters. The average Bonchev–Trinajstić information content (AvgIpc) is 2.41. The van der Waals surface area contributed by atoms with Gasteiger partial charge in [0.25, 0.3) is 0 Å². The zero-order valence-corrected chi connectivity index (χ0v) is 11.4. The van der Waals surface area contributed by atoms with Crippen LogP contribution in [0.4, 0.5) is 0 Å². The van der Waals surface area contributed by atoms with Crippen LogP contribution in [-0.2, 0) is 9.59 Å². The molecule has 20 heavy (non-hydrogen) atoms. The standard InChI is InChI=1S/C12H23NO7/c1-7(15)3-2-4-10(18)13-5-8(16)11(19)12(20)9(17)6-14/h8-9,11-12,14,16-17,19-20H,2-6H2,1H3,(H,13,18). The normalized spacial score (nSPS) is 17.1. The summed E-state index contributed by atoms with van der Waals surface area (Å²) >= 11 is 0. The molecule has 0 bridgehead atoms. The Hall–Kier alpha value is -1.06. The van der Waals surface area contributed by atoms with E-state index in [2.05, 4.69) is 5.32 Å². The third-order valence-electron chi connectivity index (χ3n) is 2.77. The highest BCUT2D eigenvalue weighted by Crippen LogP contribution is 2.04. The molecule has 0 aliphatic rings. The highest BCUT2D eigenvalue weighted by atomic mass is 16.4. The molecule has 6 N–H and O–H groups in total. The molecular weight excluding hydrogens is 270 g/mol. The molecule has 0 aliphatic carbocycles. The first-order valence-corrected chi connectivity index (χ1v) is 6.38. The predicted octanol–water partition coefficient (Wildman–Crippen LogP) is -2.70. The van der Waals surface area contributed by atoms with Crippen LogP contribution in [0, 0.1) is 0 Å². The fourth-order valence-corrected chi connectivity index (χ4v) is 1.49. The monoisotopic (exact) mass is 293 g/mol. The van der Waals surface area contributed by atoms with Gasteiger partial charge in [-0.1, -0.05) is 0 Å². The Morgan fingerprint density at radius 2 is 1.55 bits per heavy atom. The van der Waals surface area contributed by atoms with Gasteiger partial charge in [0.15, 0.2) is 0 Å². The molecule has 0 aromatic heterocycles. The Morgan fingerprint density at radius 1 is 1.00 bits per heavy atom. The average molecular weight is 293 g/mol. The molecule has 0 saturated heterocycles. The number of aliphatic hydroxyl groups excluding tert-OH is 5. The van der Waals surface area contributed by atoms with Gasteiger partial charge in [-0.3, -0.25) is 4.79 Å². The van der Waals surface area contributed by atoms with Crippen LogP contribution in [0.5, 0.6) is 0 Å². The molecule has 0 saturated carbocycles. The first-order valence-electron chi connectivity index (χ1n) is 6.38. The number of rotatable bonds is 10. The van der Waals surface area contributed by atoms with Crippen molar-refractivity contribution in [2.24, 2.45) is 0 Å². The van der Waals surface area contributed by atoms with Crippen LogP contribution in [0.1, 0.15) is 26.2 Å². The van der Waals surface area contributed by atoms with Crippen LogP contribution in [0.25, 0.3) is 0 Å². The maximum Gasteiger partial charge on any atom is 0.220 e. The van der Waals surface area contributed by atoms with E-state index in [1.54, 1.807) is 0 Å². The Labute approximate surface area is 117 Å². The number of amides is 1. The van der Waals surface area contributed by atoms with Crippen molar-refractivity contribution in [3.63, 3.8) is 0 Å². The van der Waals surface area contributed by atoms with Crippen LogP contribution in [0.15, 0.2) is 0 Å². The van der Waals surface area contributed by atoms with Crippen LogP contribution in [0.2, 0.25) is 0 Å². The molecule has 0 spiro atoms. The Balaban J connectivity index is 3.99. The minimum Gasteiger partial charge on any atom is -0.394 e. The Kier molecular flexibility index (Phi) is 9.26. The molecule has 0 fully saturated rings. The Bertz CT molecular complexity index is 310. The molecule has 0 radical (unpaired) electrons. The number of carbonyl (C=O) groups is 2. The van der Waals surface area contributed by atoms with Gasteiger partial charge in [0.05, 0.1) is 12.7 Å². The summed E-state index contributed by atoms with van der Waals surface area (Å²) in [7, 11) is 0. The summed E-state index contributed by atoms with van der Waals surface area (Å²) in [5, 5.41) is 48.4. The molecule has 1 amide bonds. The zero-order valence-electron chi connectivity index (χ0n) is 11.4. The van der Waals surface area contributed by atoms with Crippen LogP contribution < -0.4 is 5.32 Å². The summed E-state index contributed by atoms with van der Waals surface area (Å²) in [6.07, 6.45) is -5.68. The summed E-state index contributed by atoms with van der Waals surface area (Å²) in [6, 6.07) is 0. The lowest BCUT2D eigenvalue weighted by Gasteiger charge is -2.25.